The van der Waals surface area contributed by atoms with Crippen LogP contribution in [0.3, 0.4) is 0 Å². The van der Waals surface area contributed by atoms with Gasteiger partial charge in [0.05, 0.1) is 12.7 Å². The first-order chi connectivity index (χ1) is 10.6. The molecule has 1 aliphatic carbocycles. The lowest BCUT2D eigenvalue weighted by molar-refractivity contribution is -0.140. The van der Waals surface area contributed by atoms with Gasteiger partial charge in [-0.25, -0.2) is 4.79 Å². The van der Waals surface area contributed by atoms with E-state index in [0.717, 1.165) is 12.8 Å². The second-order valence-corrected chi connectivity index (χ2v) is 5.37. The summed E-state index contributed by atoms with van der Waals surface area (Å²) in [6, 6.07) is 5.73. The maximum absolute atomic E-state index is 12.1. The van der Waals surface area contributed by atoms with Crippen molar-refractivity contribution in [2.24, 2.45) is 0 Å². The summed E-state index contributed by atoms with van der Waals surface area (Å²) in [7, 11) is 1.39. The maximum Gasteiger partial charge on any atom is 0.328 e. The largest absolute Gasteiger partial charge is 0.490 e. The molecule has 1 unspecified atom stereocenters. The van der Waals surface area contributed by atoms with E-state index < -0.39 is 17.9 Å². The topological polar surface area (TPSA) is 84.9 Å². The summed E-state index contributed by atoms with van der Waals surface area (Å²) in [5.41, 5.74) is 0.373. The molecule has 0 aliphatic heterocycles. The SMILES string of the molecule is COCC(NC(=O)c1cccc(OC2CCCC2)c1)C(=O)O. The van der Waals surface area contributed by atoms with E-state index in [-0.39, 0.29) is 12.7 Å². The molecule has 1 aromatic rings. The van der Waals surface area contributed by atoms with E-state index in [1.165, 1.54) is 20.0 Å². The summed E-state index contributed by atoms with van der Waals surface area (Å²) in [5, 5.41) is 11.5. The van der Waals surface area contributed by atoms with Crippen LogP contribution in [0.4, 0.5) is 0 Å². The minimum atomic E-state index is -1.13. The Labute approximate surface area is 129 Å². The molecule has 1 aliphatic rings. The van der Waals surface area contributed by atoms with Gasteiger partial charge in [0, 0.05) is 12.7 Å². The summed E-state index contributed by atoms with van der Waals surface area (Å²) in [6.45, 7) is -0.0840. The Morgan fingerprint density at radius 3 is 2.73 bits per heavy atom. The molecule has 1 saturated carbocycles. The number of hydrogen-bond acceptors (Lipinski definition) is 4. The molecular weight excluding hydrogens is 286 g/mol. The summed E-state index contributed by atoms with van der Waals surface area (Å²) in [4.78, 5) is 23.2. The average molecular weight is 307 g/mol. The van der Waals surface area contributed by atoms with Gasteiger partial charge in [-0.1, -0.05) is 6.07 Å². The zero-order valence-electron chi connectivity index (χ0n) is 12.6. The molecule has 1 fully saturated rings. The molecular formula is C16H21NO5. The zero-order valence-corrected chi connectivity index (χ0v) is 12.6. The zero-order chi connectivity index (χ0) is 15.9. The fourth-order valence-electron chi connectivity index (χ4n) is 2.49. The first kappa shape index (κ1) is 16.3. The monoisotopic (exact) mass is 307 g/mol. The normalized spacial score (nSPS) is 16.2. The Morgan fingerprint density at radius 2 is 2.09 bits per heavy atom. The molecule has 22 heavy (non-hydrogen) atoms. The number of carbonyl (C=O) groups excluding carboxylic acids is 1. The standard InChI is InChI=1S/C16H21NO5/c1-21-10-14(16(19)20)17-15(18)11-5-4-8-13(9-11)22-12-6-2-3-7-12/h4-5,8-9,12,14H,2-3,6-7,10H2,1H3,(H,17,18)(H,19,20). The van der Waals surface area contributed by atoms with E-state index in [9.17, 15) is 9.59 Å². The van der Waals surface area contributed by atoms with E-state index in [1.54, 1.807) is 24.3 Å². The summed E-state index contributed by atoms with van der Waals surface area (Å²) in [5.74, 6) is -0.951. The van der Waals surface area contributed by atoms with Gasteiger partial charge >= 0.3 is 5.97 Å². The number of hydrogen-bond donors (Lipinski definition) is 2. The molecule has 0 saturated heterocycles. The van der Waals surface area contributed by atoms with Crippen LogP contribution < -0.4 is 10.1 Å². The van der Waals surface area contributed by atoms with Crippen LogP contribution in [0, 0.1) is 0 Å². The van der Waals surface area contributed by atoms with E-state index in [4.69, 9.17) is 14.6 Å². The highest BCUT2D eigenvalue weighted by Crippen LogP contribution is 2.24. The van der Waals surface area contributed by atoms with Crippen molar-refractivity contribution in [2.45, 2.75) is 37.8 Å². The first-order valence-corrected chi connectivity index (χ1v) is 7.39. The highest BCUT2D eigenvalue weighted by molar-refractivity contribution is 5.96. The van der Waals surface area contributed by atoms with Gasteiger partial charge in [0.1, 0.15) is 5.75 Å². The minimum absolute atomic E-state index is 0.0840. The van der Waals surface area contributed by atoms with Gasteiger partial charge < -0.3 is 19.9 Å². The second-order valence-electron chi connectivity index (χ2n) is 5.37. The molecule has 120 valence electrons. The molecule has 1 atom stereocenters. The Bertz CT molecular complexity index is 525. The third-order valence-electron chi connectivity index (χ3n) is 3.64. The van der Waals surface area contributed by atoms with Crippen molar-refractivity contribution in [3.63, 3.8) is 0 Å². The molecule has 6 heteroatoms. The van der Waals surface area contributed by atoms with Crippen LogP contribution in [0.5, 0.6) is 5.75 Å². The molecule has 6 nitrogen and oxygen atoms in total. The second kappa shape index (κ2) is 7.79. The number of rotatable bonds is 7. The Hall–Kier alpha value is -2.08. The highest BCUT2D eigenvalue weighted by Gasteiger charge is 2.21. The molecule has 2 rings (SSSR count). The van der Waals surface area contributed by atoms with Crippen molar-refractivity contribution in [3.05, 3.63) is 29.8 Å². The number of nitrogens with one attached hydrogen (secondary N) is 1. The maximum atomic E-state index is 12.1. The number of aliphatic carboxylic acids is 1. The number of benzene rings is 1. The van der Waals surface area contributed by atoms with E-state index in [0.29, 0.717) is 11.3 Å². The molecule has 0 bridgehead atoms. The predicted octanol–water partition coefficient (Wildman–Crippen LogP) is 1.84. The third kappa shape index (κ3) is 4.46. The fraction of sp³-hybridized carbons (Fsp3) is 0.500. The molecule has 0 spiro atoms. The van der Waals surface area contributed by atoms with Gasteiger partial charge in [-0.05, 0) is 43.9 Å². The predicted molar refractivity (Wildman–Crippen MR) is 80.1 cm³/mol. The fourth-order valence-corrected chi connectivity index (χ4v) is 2.49. The molecule has 2 N–H and O–H groups in total. The number of carboxylic acids is 1. The molecule has 1 amide bonds. The van der Waals surface area contributed by atoms with Crippen molar-refractivity contribution in [2.75, 3.05) is 13.7 Å². The molecule has 1 aromatic carbocycles. The lowest BCUT2D eigenvalue weighted by atomic mass is 10.2. The number of ether oxygens (including phenoxy) is 2. The van der Waals surface area contributed by atoms with Gasteiger partial charge in [-0.3, -0.25) is 4.79 Å². The highest BCUT2D eigenvalue weighted by atomic mass is 16.5. The Balaban J connectivity index is 2.01. The van der Waals surface area contributed by atoms with Crippen molar-refractivity contribution in [3.8, 4) is 5.75 Å². The Morgan fingerprint density at radius 1 is 1.36 bits per heavy atom. The molecule has 0 radical (unpaired) electrons. The summed E-state index contributed by atoms with van der Waals surface area (Å²) >= 11 is 0. The van der Waals surface area contributed by atoms with Crippen LogP contribution in [-0.2, 0) is 9.53 Å². The lowest BCUT2D eigenvalue weighted by Crippen LogP contribution is -2.43. The van der Waals surface area contributed by atoms with Gasteiger partial charge in [0.2, 0.25) is 0 Å². The lowest BCUT2D eigenvalue weighted by Gasteiger charge is -2.15. The number of amides is 1. The summed E-state index contributed by atoms with van der Waals surface area (Å²) in [6.07, 6.45) is 4.61. The smallest absolute Gasteiger partial charge is 0.328 e. The van der Waals surface area contributed by atoms with Crippen LogP contribution in [-0.4, -0.2) is 42.8 Å². The third-order valence-corrected chi connectivity index (χ3v) is 3.64. The van der Waals surface area contributed by atoms with Crippen molar-refractivity contribution in [1.29, 1.82) is 0 Å². The van der Waals surface area contributed by atoms with Crippen LogP contribution >= 0.6 is 0 Å². The molecule has 0 heterocycles. The van der Waals surface area contributed by atoms with Gasteiger partial charge in [0.25, 0.3) is 5.91 Å². The van der Waals surface area contributed by atoms with Crippen LogP contribution in [0.25, 0.3) is 0 Å². The first-order valence-electron chi connectivity index (χ1n) is 7.39. The van der Waals surface area contributed by atoms with Crippen LogP contribution in [0.15, 0.2) is 24.3 Å². The summed E-state index contributed by atoms with van der Waals surface area (Å²) < 4.78 is 10.6. The average Bonchev–Trinajstić information content (AvgIpc) is 2.99. The van der Waals surface area contributed by atoms with Gasteiger partial charge in [0.15, 0.2) is 6.04 Å². The van der Waals surface area contributed by atoms with Crippen LogP contribution in [0.2, 0.25) is 0 Å². The quantitative estimate of drug-likeness (QED) is 0.803. The van der Waals surface area contributed by atoms with Crippen molar-refractivity contribution < 1.29 is 24.2 Å². The van der Waals surface area contributed by atoms with E-state index in [2.05, 4.69) is 5.32 Å². The van der Waals surface area contributed by atoms with E-state index >= 15 is 0 Å². The van der Waals surface area contributed by atoms with Gasteiger partial charge in [-0.2, -0.15) is 0 Å². The van der Waals surface area contributed by atoms with Gasteiger partial charge in [-0.15, -0.1) is 0 Å². The number of carboxylic acid groups (broad SMARTS) is 1. The van der Waals surface area contributed by atoms with Crippen LogP contribution in [0.1, 0.15) is 36.0 Å². The Kier molecular flexibility index (Phi) is 5.77. The van der Waals surface area contributed by atoms with E-state index in [1.807, 2.05) is 0 Å². The number of methoxy groups -OCH3 is 1. The molecule has 0 aromatic heterocycles. The van der Waals surface area contributed by atoms with Crippen molar-refractivity contribution in [1.82, 2.24) is 5.32 Å². The minimum Gasteiger partial charge on any atom is -0.490 e. The van der Waals surface area contributed by atoms with Crippen molar-refractivity contribution >= 4 is 11.9 Å². The number of carbonyl (C=O) groups is 2.